The van der Waals surface area contributed by atoms with Crippen molar-refractivity contribution in [3.05, 3.63) is 70.2 Å². The van der Waals surface area contributed by atoms with Gasteiger partial charge in [0.2, 0.25) is 11.8 Å². The molecule has 3 rings (SSSR count). The van der Waals surface area contributed by atoms with Crippen molar-refractivity contribution in [2.45, 2.75) is 77.4 Å². The largest absolute Gasteiger partial charge is 0.352 e. The third kappa shape index (κ3) is 7.10. The van der Waals surface area contributed by atoms with Crippen LogP contribution in [0.1, 0.15) is 62.1 Å². The summed E-state index contributed by atoms with van der Waals surface area (Å²) in [5, 5.41) is 3.83. The standard InChI is InChI=1S/C26H33ClN2O2/c1-19-8-10-21(11-9-19)14-17-25(30)29(18-22-12-15-23(27)16-13-22)20(2)26(31)28-24-6-4-3-5-7-24/h8-13,15-16,20,24H,3-7,14,17-18H2,1-2H3,(H,28,31)/t20-/m1/s1. The van der Waals surface area contributed by atoms with Crippen LogP contribution < -0.4 is 5.32 Å². The SMILES string of the molecule is Cc1ccc(CCC(=O)N(Cc2ccc(Cl)cc2)[C@H](C)C(=O)NC2CCCCC2)cc1. The van der Waals surface area contributed by atoms with Crippen molar-refractivity contribution in [1.82, 2.24) is 10.2 Å². The maximum atomic E-state index is 13.2. The van der Waals surface area contributed by atoms with Crippen molar-refractivity contribution in [1.29, 1.82) is 0 Å². The highest BCUT2D eigenvalue weighted by molar-refractivity contribution is 6.30. The minimum atomic E-state index is -0.525. The Morgan fingerprint density at radius 1 is 1.00 bits per heavy atom. The van der Waals surface area contributed by atoms with E-state index in [2.05, 4.69) is 36.5 Å². The molecule has 0 bridgehead atoms. The van der Waals surface area contributed by atoms with E-state index in [0.29, 0.717) is 24.4 Å². The van der Waals surface area contributed by atoms with Crippen molar-refractivity contribution in [3.8, 4) is 0 Å². The van der Waals surface area contributed by atoms with Crippen LogP contribution in [0, 0.1) is 6.92 Å². The van der Waals surface area contributed by atoms with Crippen LogP contribution in [0.2, 0.25) is 5.02 Å². The van der Waals surface area contributed by atoms with Gasteiger partial charge in [0.05, 0.1) is 0 Å². The van der Waals surface area contributed by atoms with Gasteiger partial charge in [-0.1, -0.05) is 72.8 Å². The Labute approximate surface area is 191 Å². The van der Waals surface area contributed by atoms with Gasteiger partial charge in [-0.15, -0.1) is 0 Å². The van der Waals surface area contributed by atoms with Crippen LogP contribution in [0.3, 0.4) is 0 Å². The van der Waals surface area contributed by atoms with Crippen LogP contribution in [-0.2, 0) is 22.6 Å². The van der Waals surface area contributed by atoms with Gasteiger partial charge in [-0.25, -0.2) is 0 Å². The summed E-state index contributed by atoms with van der Waals surface area (Å²) in [5.41, 5.74) is 3.29. The molecule has 0 heterocycles. The molecule has 1 atom stereocenters. The molecule has 1 fully saturated rings. The fraction of sp³-hybridized carbons (Fsp3) is 0.462. The molecule has 1 aliphatic carbocycles. The van der Waals surface area contributed by atoms with Crippen molar-refractivity contribution < 1.29 is 9.59 Å². The molecule has 0 aliphatic heterocycles. The second-order valence-corrected chi connectivity index (χ2v) is 9.09. The van der Waals surface area contributed by atoms with E-state index in [9.17, 15) is 9.59 Å². The number of carbonyl (C=O) groups is 2. The van der Waals surface area contributed by atoms with Crippen LogP contribution in [0.5, 0.6) is 0 Å². The first-order valence-electron chi connectivity index (χ1n) is 11.3. The number of benzene rings is 2. The van der Waals surface area contributed by atoms with Crippen molar-refractivity contribution in [2.24, 2.45) is 0 Å². The average molecular weight is 441 g/mol. The zero-order valence-corrected chi connectivity index (χ0v) is 19.3. The number of nitrogens with one attached hydrogen (secondary N) is 1. The molecule has 1 N–H and O–H groups in total. The summed E-state index contributed by atoms with van der Waals surface area (Å²) in [6, 6.07) is 15.4. The summed E-state index contributed by atoms with van der Waals surface area (Å²) in [6.07, 6.45) is 6.63. The molecule has 0 radical (unpaired) electrons. The molecule has 0 spiro atoms. The third-order valence-electron chi connectivity index (χ3n) is 6.13. The first-order valence-corrected chi connectivity index (χ1v) is 11.7. The van der Waals surface area contributed by atoms with Crippen LogP contribution in [0.4, 0.5) is 0 Å². The number of amides is 2. The van der Waals surface area contributed by atoms with Gasteiger partial charge in [-0.2, -0.15) is 0 Å². The fourth-order valence-electron chi connectivity index (χ4n) is 4.09. The lowest BCUT2D eigenvalue weighted by atomic mass is 9.95. The molecule has 1 saturated carbocycles. The maximum Gasteiger partial charge on any atom is 0.242 e. The van der Waals surface area contributed by atoms with Gasteiger partial charge in [-0.3, -0.25) is 9.59 Å². The van der Waals surface area contributed by atoms with Crippen LogP contribution in [0.25, 0.3) is 0 Å². The molecule has 2 aromatic rings. The van der Waals surface area contributed by atoms with Gasteiger partial charge < -0.3 is 10.2 Å². The minimum absolute atomic E-state index is 0.0122. The molecule has 4 nitrogen and oxygen atoms in total. The normalized spacial score (nSPS) is 15.3. The first-order chi connectivity index (χ1) is 14.9. The van der Waals surface area contributed by atoms with Crippen molar-refractivity contribution in [2.75, 3.05) is 0 Å². The van der Waals surface area contributed by atoms with Gasteiger partial charge in [0.15, 0.2) is 0 Å². The minimum Gasteiger partial charge on any atom is -0.352 e. The Balaban J connectivity index is 1.69. The molecule has 31 heavy (non-hydrogen) atoms. The number of carbonyl (C=O) groups excluding carboxylic acids is 2. The zero-order valence-electron chi connectivity index (χ0n) is 18.6. The molecule has 0 aromatic heterocycles. The quantitative estimate of drug-likeness (QED) is 0.593. The number of halogens is 1. The van der Waals surface area contributed by atoms with Gasteiger partial charge in [0, 0.05) is 24.0 Å². The Hall–Kier alpha value is -2.33. The van der Waals surface area contributed by atoms with E-state index in [-0.39, 0.29) is 17.9 Å². The molecule has 0 unspecified atom stereocenters. The second-order valence-electron chi connectivity index (χ2n) is 8.65. The topological polar surface area (TPSA) is 49.4 Å². The summed E-state index contributed by atoms with van der Waals surface area (Å²) in [6.45, 7) is 4.27. The highest BCUT2D eigenvalue weighted by atomic mass is 35.5. The van der Waals surface area contributed by atoms with Crippen LogP contribution in [-0.4, -0.2) is 28.8 Å². The molecule has 2 amide bonds. The second kappa shape index (κ2) is 11.3. The molecule has 5 heteroatoms. The smallest absolute Gasteiger partial charge is 0.242 e. The van der Waals surface area contributed by atoms with E-state index in [1.165, 1.54) is 12.0 Å². The van der Waals surface area contributed by atoms with Gasteiger partial charge in [0.1, 0.15) is 6.04 Å². The summed E-state index contributed by atoms with van der Waals surface area (Å²) < 4.78 is 0. The van der Waals surface area contributed by atoms with Crippen molar-refractivity contribution in [3.63, 3.8) is 0 Å². The van der Waals surface area contributed by atoms with Gasteiger partial charge >= 0.3 is 0 Å². The Bertz CT molecular complexity index is 858. The predicted octanol–water partition coefficient (Wildman–Crippen LogP) is 5.45. The lowest BCUT2D eigenvalue weighted by Gasteiger charge is -2.31. The Morgan fingerprint density at radius 3 is 2.26 bits per heavy atom. The van der Waals surface area contributed by atoms with E-state index in [4.69, 9.17) is 11.6 Å². The lowest BCUT2D eigenvalue weighted by Crippen LogP contribution is -2.50. The molecule has 166 valence electrons. The molecule has 1 aliphatic rings. The highest BCUT2D eigenvalue weighted by Gasteiger charge is 2.27. The zero-order chi connectivity index (χ0) is 22.2. The predicted molar refractivity (Wildman–Crippen MR) is 126 cm³/mol. The molecular weight excluding hydrogens is 408 g/mol. The number of aryl methyl sites for hydroxylation is 2. The fourth-order valence-corrected chi connectivity index (χ4v) is 4.21. The first kappa shape index (κ1) is 23.3. The number of rotatable bonds is 8. The summed E-state index contributed by atoms with van der Waals surface area (Å²) >= 11 is 6.02. The van der Waals surface area contributed by atoms with Crippen molar-refractivity contribution >= 4 is 23.4 Å². The van der Waals surface area contributed by atoms with Crippen LogP contribution in [0.15, 0.2) is 48.5 Å². The summed E-state index contributed by atoms with van der Waals surface area (Å²) in [4.78, 5) is 27.9. The molecule has 0 saturated heterocycles. The van der Waals surface area contributed by atoms with E-state index >= 15 is 0 Å². The number of hydrogen-bond donors (Lipinski definition) is 1. The maximum absolute atomic E-state index is 13.2. The lowest BCUT2D eigenvalue weighted by molar-refractivity contribution is -0.141. The molecular formula is C26H33ClN2O2. The van der Waals surface area contributed by atoms with E-state index in [1.807, 2.05) is 31.2 Å². The third-order valence-corrected chi connectivity index (χ3v) is 6.39. The highest BCUT2D eigenvalue weighted by Crippen LogP contribution is 2.19. The van der Waals surface area contributed by atoms with Crippen LogP contribution >= 0.6 is 11.6 Å². The van der Waals surface area contributed by atoms with E-state index in [1.54, 1.807) is 4.90 Å². The van der Waals surface area contributed by atoms with E-state index in [0.717, 1.165) is 36.8 Å². The number of nitrogens with zero attached hydrogens (tertiary/aromatic N) is 1. The summed E-state index contributed by atoms with van der Waals surface area (Å²) in [7, 11) is 0. The Morgan fingerprint density at radius 2 is 1.61 bits per heavy atom. The van der Waals surface area contributed by atoms with Gasteiger partial charge in [0.25, 0.3) is 0 Å². The summed E-state index contributed by atoms with van der Waals surface area (Å²) in [5.74, 6) is -0.0774. The monoisotopic (exact) mass is 440 g/mol. The molecule has 2 aromatic carbocycles. The van der Waals surface area contributed by atoms with Gasteiger partial charge in [-0.05, 0) is 56.4 Å². The number of hydrogen-bond acceptors (Lipinski definition) is 2. The Kier molecular flexibility index (Phi) is 8.53. The average Bonchev–Trinajstić information content (AvgIpc) is 2.78. The van der Waals surface area contributed by atoms with E-state index < -0.39 is 6.04 Å².